The van der Waals surface area contributed by atoms with Gasteiger partial charge in [0.1, 0.15) is 5.75 Å². The van der Waals surface area contributed by atoms with Gasteiger partial charge in [-0.15, -0.1) is 13.2 Å². The van der Waals surface area contributed by atoms with Gasteiger partial charge in [0.15, 0.2) is 0 Å². The number of alkyl halides is 3. The number of hydrogen-bond acceptors (Lipinski definition) is 3. The smallest absolute Gasteiger partial charge is 0.406 e. The zero-order valence-corrected chi connectivity index (χ0v) is 10.8. The summed E-state index contributed by atoms with van der Waals surface area (Å²) in [5.74, 6) is -0.394. The summed E-state index contributed by atoms with van der Waals surface area (Å²) in [6.45, 7) is 0.910. The molecular formula is C12H15F3N2O3. The van der Waals surface area contributed by atoms with Gasteiger partial charge in [-0.2, -0.15) is 0 Å². The lowest BCUT2D eigenvalue weighted by atomic mass is 10.3. The fraction of sp³-hybridized carbons (Fsp3) is 0.417. The summed E-state index contributed by atoms with van der Waals surface area (Å²) in [5, 5.41) is 4.95. The maximum atomic E-state index is 12.0. The second-order valence-corrected chi connectivity index (χ2v) is 3.80. The molecule has 0 heterocycles. The first-order valence-corrected chi connectivity index (χ1v) is 5.80. The molecule has 0 fully saturated rings. The van der Waals surface area contributed by atoms with E-state index in [1.165, 1.54) is 12.1 Å². The minimum atomic E-state index is -4.76. The molecule has 0 aliphatic rings. The molecule has 0 atom stereocenters. The maximum absolute atomic E-state index is 12.0. The molecule has 0 aromatic heterocycles. The highest BCUT2D eigenvalue weighted by molar-refractivity contribution is 5.89. The minimum absolute atomic E-state index is 0.205. The van der Waals surface area contributed by atoms with Crippen LogP contribution in [0, 0.1) is 0 Å². The number of hydrogen-bond donors (Lipinski definition) is 2. The van der Waals surface area contributed by atoms with E-state index in [1.807, 2.05) is 0 Å². The largest absolute Gasteiger partial charge is 0.573 e. The maximum Gasteiger partial charge on any atom is 0.573 e. The van der Waals surface area contributed by atoms with Crippen LogP contribution in [0.5, 0.6) is 5.75 Å². The van der Waals surface area contributed by atoms with Crippen LogP contribution in [0.3, 0.4) is 0 Å². The van der Waals surface area contributed by atoms with E-state index in [9.17, 15) is 18.0 Å². The van der Waals surface area contributed by atoms with Crippen molar-refractivity contribution in [1.82, 2.24) is 5.32 Å². The molecule has 5 nitrogen and oxygen atoms in total. The number of urea groups is 1. The van der Waals surface area contributed by atoms with E-state index < -0.39 is 18.1 Å². The van der Waals surface area contributed by atoms with Crippen LogP contribution in [0.1, 0.15) is 6.42 Å². The summed E-state index contributed by atoms with van der Waals surface area (Å²) < 4.78 is 44.7. The quantitative estimate of drug-likeness (QED) is 0.793. The molecule has 0 saturated heterocycles. The van der Waals surface area contributed by atoms with Gasteiger partial charge in [-0.3, -0.25) is 0 Å². The highest BCUT2D eigenvalue weighted by atomic mass is 19.4. The highest BCUT2D eigenvalue weighted by Gasteiger charge is 2.31. The molecule has 112 valence electrons. The molecule has 0 radical (unpaired) electrons. The van der Waals surface area contributed by atoms with Crippen LogP contribution in [0.15, 0.2) is 24.3 Å². The predicted octanol–water partition coefficient (Wildman–Crippen LogP) is 2.74. The van der Waals surface area contributed by atoms with Gasteiger partial charge >= 0.3 is 12.4 Å². The fourth-order valence-corrected chi connectivity index (χ4v) is 1.36. The predicted molar refractivity (Wildman–Crippen MR) is 66.6 cm³/mol. The zero-order chi connectivity index (χ0) is 15.0. The SMILES string of the molecule is COCCCNC(=O)Nc1cccc(OC(F)(F)F)c1. The third-order valence-electron chi connectivity index (χ3n) is 2.14. The van der Waals surface area contributed by atoms with Crippen molar-refractivity contribution in [2.45, 2.75) is 12.8 Å². The monoisotopic (exact) mass is 292 g/mol. The van der Waals surface area contributed by atoms with Gasteiger partial charge < -0.3 is 20.1 Å². The first kappa shape index (κ1) is 16.1. The lowest BCUT2D eigenvalue weighted by molar-refractivity contribution is -0.274. The van der Waals surface area contributed by atoms with Crippen LogP contribution in [0.4, 0.5) is 23.7 Å². The molecular weight excluding hydrogens is 277 g/mol. The summed E-state index contributed by atoms with van der Waals surface area (Å²) in [6.07, 6.45) is -4.12. The fourth-order valence-electron chi connectivity index (χ4n) is 1.36. The van der Waals surface area contributed by atoms with Crippen molar-refractivity contribution in [3.63, 3.8) is 0 Å². The first-order chi connectivity index (χ1) is 9.40. The van der Waals surface area contributed by atoms with Crippen molar-refractivity contribution in [3.8, 4) is 5.75 Å². The second-order valence-electron chi connectivity index (χ2n) is 3.80. The van der Waals surface area contributed by atoms with Crippen LogP contribution >= 0.6 is 0 Å². The molecule has 8 heteroatoms. The van der Waals surface area contributed by atoms with Gasteiger partial charge in [0.25, 0.3) is 0 Å². The van der Waals surface area contributed by atoms with Gasteiger partial charge in [-0.1, -0.05) is 6.07 Å². The van der Waals surface area contributed by atoms with E-state index in [0.29, 0.717) is 19.6 Å². The number of methoxy groups -OCH3 is 1. The van der Waals surface area contributed by atoms with Crippen LogP contribution < -0.4 is 15.4 Å². The Morgan fingerprint density at radius 1 is 1.35 bits per heavy atom. The third-order valence-corrected chi connectivity index (χ3v) is 2.14. The lowest BCUT2D eigenvalue weighted by Gasteiger charge is -2.11. The van der Waals surface area contributed by atoms with E-state index in [4.69, 9.17) is 4.74 Å². The molecule has 0 spiro atoms. The van der Waals surface area contributed by atoms with Gasteiger partial charge in [0, 0.05) is 32.0 Å². The number of benzene rings is 1. The summed E-state index contributed by atoms with van der Waals surface area (Å²) in [7, 11) is 1.55. The molecule has 1 rings (SSSR count). The van der Waals surface area contributed by atoms with E-state index in [0.717, 1.165) is 12.1 Å². The van der Waals surface area contributed by atoms with E-state index in [2.05, 4.69) is 15.4 Å². The first-order valence-electron chi connectivity index (χ1n) is 5.80. The number of carbonyl (C=O) groups excluding carboxylic acids is 1. The summed E-state index contributed by atoms with van der Waals surface area (Å²) in [5.41, 5.74) is 0.205. The summed E-state index contributed by atoms with van der Waals surface area (Å²) in [4.78, 5) is 11.4. The second kappa shape index (κ2) is 7.59. The average molecular weight is 292 g/mol. The number of nitrogens with one attached hydrogen (secondary N) is 2. The standard InChI is InChI=1S/C12H15F3N2O3/c1-19-7-3-6-16-11(18)17-9-4-2-5-10(8-9)20-12(13,14)15/h2,4-5,8H,3,6-7H2,1H3,(H2,16,17,18). The number of rotatable bonds is 6. The van der Waals surface area contributed by atoms with E-state index >= 15 is 0 Å². The molecule has 0 saturated carbocycles. The third kappa shape index (κ3) is 6.83. The topological polar surface area (TPSA) is 59.6 Å². The Morgan fingerprint density at radius 3 is 2.75 bits per heavy atom. The number of amides is 2. The van der Waals surface area contributed by atoms with Crippen molar-refractivity contribution in [2.24, 2.45) is 0 Å². The van der Waals surface area contributed by atoms with Crippen molar-refractivity contribution in [3.05, 3.63) is 24.3 Å². The Labute approximate surface area is 114 Å². The van der Waals surface area contributed by atoms with Crippen LogP contribution in [0.2, 0.25) is 0 Å². The Balaban J connectivity index is 2.47. The van der Waals surface area contributed by atoms with Crippen molar-refractivity contribution in [2.75, 3.05) is 25.6 Å². The lowest BCUT2D eigenvalue weighted by Crippen LogP contribution is -2.30. The highest BCUT2D eigenvalue weighted by Crippen LogP contribution is 2.24. The number of carbonyl (C=O) groups is 1. The molecule has 0 aliphatic heterocycles. The molecule has 0 unspecified atom stereocenters. The normalized spacial score (nSPS) is 11.0. The van der Waals surface area contributed by atoms with Crippen LogP contribution in [-0.4, -0.2) is 32.7 Å². The van der Waals surface area contributed by atoms with Crippen molar-refractivity contribution >= 4 is 11.7 Å². The Kier molecular flexibility index (Phi) is 6.10. The minimum Gasteiger partial charge on any atom is -0.406 e. The molecule has 2 N–H and O–H groups in total. The van der Waals surface area contributed by atoms with Gasteiger partial charge in [-0.05, 0) is 18.6 Å². The number of anilines is 1. The molecule has 1 aromatic rings. The zero-order valence-electron chi connectivity index (χ0n) is 10.8. The van der Waals surface area contributed by atoms with Crippen LogP contribution in [0.25, 0.3) is 0 Å². The molecule has 0 aliphatic carbocycles. The van der Waals surface area contributed by atoms with E-state index in [1.54, 1.807) is 7.11 Å². The van der Waals surface area contributed by atoms with Crippen molar-refractivity contribution < 1.29 is 27.4 Å². The van der Waals surface area contributed by atoms with Gasteiger partial charge in [-0.25, -0.2) is 4.79 Å². The summed E-state index contributed by atoms with van der Waals surface area (Å²) in [6, 6.07) is 4.53. The molecule has 20 heavy (non-hydrogen) atoms. The number of ether oxygens (including phenoxy) is 2. The molecule has 1 aromatic carbocycles. The number of halogens is 3. The van der Waals surface area contributed by atoms with Gasteiger partial charge in [0.05, 0.1) is 0 Å². The van der Waals surface area contributed by atoms with Crippen LogP contribution in [-0.2, 0) is 4.74 Å². The summed E-state index contributed by atoms with van der Waals surface area (Å²) >= 11 is 0. The van der Waals surface area contributed by atoms with Gasteiger partial charge in [0.2, 0.25) is 0 Å². The Hall–Kier alpha value is -1.96. The average Bonchev–Trinajstić information content (AvgIpc) is 2.33. The molecule has 0 bridgehead atoms. The Morgan fingerprint density at radius 2 is 2.10 bits per heavy atom. The van der Waals surface area contributed by atoms with Crippen molar-refractivity contribution in [1.29, 1.82) is 0 Å². The van der Waals surface area contributed by atoms with E-state index in [-0.39, 0.29) is 5.69 Å². The Bertz CT molecular complexity index is 438. The molecule has 2 amide bonds.